The zero-order chi connectivity index (χ0) is 17.4. The van der Waals surface area contributed by atoms with E-state index >= 15 is 0 Å². The van der Waals surface area contributed by atoms with Gasteiger partial charge in [0.05, 0.1) is 11.6 Å². The van der Waals surface area contributed by atoms with Crippen molar-refractivity contribution in [1.82, 2.24) is 15.6 Å². The normalized spacial score (nSPS) is 11.4. The molecule has 0 aliphatic heterocycles. The molecule has 130 valence electrons. The maximum atomic E-state index is 4.28. The van der Waals surface area contributed by atoms with E-state index < -0.39 is 0 Å². The molecule has 0 bridgehead atoms. The van der Waals surface area contributed by atoms with Crippen molar-refractivity contribution in [3.8, 4) is 0 Å². The summed E-state index contributed by atoms with van der Waals surface area (Å²) >= 11 is 1.71. The third-order valence-electron chi connectivity index (χ3n) is 3.75. The summed E-state index contributed by atoms with van der Waals surface area (Å²) in [5, 5.41) is 7.80. The SMILES string of the molecule is CCN(CCNC(=NC)NCc1cnc(C)s1)c1cccc(C)c1. The molecule has 2 N–H and O–H groups in total. The summed E-state index contributed by atoms with van der Waals surface area (Å²) in [6.45, 7) is 9.83. The number of rotatable bonds is 7. The van der Waals surface area contributed by atoms with Crippen molar-refractivity contribution in [2.24, 2.45) is 4.99 Å². The Kier molecular flexibility index (Phi) is 7.06. The predicted molar refractivity (Wildman–Crippen MR) is 104 cm³/mol. The Morgan fingerprint density at radius 3 is 2.75 bits per heavy atom. The Hall–Kier alpha value is -2.08. The van der Waals surface area contributed by atoms with Gasteiger partial charge in [0.2, 0.25) is 0 Å². The van der Waals surface area contributed by atoms with E-state index in [4.69, 9.17) is 0 Å². The molecule has 1 aromatic carbocycles. The summed E-state index contributed by atoms with van der Waals surface area (Å²) < 4.78 is 0. The van der Waals surface area contributed by atoms with Gasteiger partial charge in [0.1, 0.15) is 0 Å². The van der Waals surface area contributed by atoms with Crippen LogP contribution in [-0.4, -0.2) is 37.6 Å². The van der Waals surface area contributed by atoms with Gasteiger partial charge in [-0.25, -0.2) is 4.98 Å². The van der Waals surface area contributed by atoms with Crippen LogP contribution in [0.2, 0.25) is 0 Å². The second kappa shape index (κ2) is 9.27. The summed E-state index contributed by atoms with van der Waals surface area (Å²) in [4.78, 5) is 12.1. The minimum atomic E-state index is 0.751. The van der Waals surface area contributed by atoms with Gasteiger partial charge in [-0.2, -0.15) is 0 Å². The number of nitrogens with zero attached hydrogens (tertiary/aromatic N) is 3. The first-order valence-electron chi connectivity index (χ1n) is 8.29. The lowest BCUT2D eigenvalue weighted by molar-refractivity contribution is 0.751. The molecule has 2 aromatic rings. The van der Waals surface area contributed by atoms with Gasteiger partial charge in [-0.05, 0) is 38.5 Å². The number of hydrogen-bond acceptors (Lipinski definition) is 4. The molecule has 1 heterocycles. The Morgan fingerprint density at radius 2 is 2.12 bits per heavy atom. The van der Waals surface area contributed by atoms with E-state index in [-0.39, 0.29) is 0 Å². The van der Waals surface area contributed by atoms with Gasteiger partial charge in [-0.1, -0.05) is 12.1 Å². The van der Waals surface area contributed by atoms with Crippen molar-refractivity contribution in [2.75, 3.05) is 31.6 Å². The van der Waals surface area contributed by atoms with Crippen molar-refractivity contribution < 1.29 is 0 Å². The van der Waals surface area contributed by atoms with E-state index in [1.807, 2.05) is 13.1 Å². The average Bonchev–Trinajstić information content (AvgIpc) is 3.00. The van der Waals surface area contributed by atoms with Crippen LogP contribution in [-0.2, 0) is 6.54 Å². The van der Waals surface area contributed by atoms with Crippen molar-refractivity contribution in [3.05, 3.63) is 45.9 Å². The molecule has 0 aliphatic carbocycles. The van der Waals surface area contributed by atoms with Crippen LogP contribution in [0.5, 0.6) is 0 Å². The number of thiazole rings is 1. The third-order valence-corrected chi connectivity index (χ3v) is 4.66. The summed E-state index contributed by atoms with van der Waals surface area (Å²) in [6.07, 6.45) is 1.91. The highest BCUT2D eigenvalue weighted by Gasteiger charge is 2.05. The Morgan fingerprint density at radius 1 is 1.29 bits per heavy atom. The number of benzene rings is 1. The number of aromatic nitrogens is 1. The standard InChI is InChI=1S/C18H27N5S/c1-5-23(16-8-6-7-14(2)11-16)10-9-20-18(19-4)22-13-17-12-21-15(3)24-17/h6-8,11-12H,5,9-10,13H2,1-4H3,(H2,19,20,22). The molecule has 0 radical (unpaired) electrons. The predicted octanol–water partition coefficient (Wildman–Crippen LogP) is 2.95. The van der Waals surface area contributed by atoms with E-state index in [1.165, 1.54) is 16.1 Å². The van der Waals surface area contributed by atoms with Crippen molar-refractivity contribution in [1.29, 1.82) is 0 Å². The first kappa shape index (κ1) is 18.3. The van der Waals surface area contributed by atoms with Crippen molar-refractivity contribution >= 4 is 23.0 Å². The first-order valence-corrected chi connectivity index (χ1v) is 9.11. The number of guanidine groups is 1. The smallest absolute Gasteiger partial charge is 0.191 e. The van der Waals surface area contributed by atoms with Crippen LogP contribution in [0.4, 0.5) is 5.69 Å². The third kappa shape index (κ3) is 5.53. The van der Waals surface area contributed by atoms with Crippen LogP contribution in [0, 0.1) is 13.8 Å². The average molecular weight is 346 g/mol. The number of aliphatic imine (C=N–C) groups is 1. The summed E-state index contributed by atoms with van der Waals surface area (Å²) in [5.74, 6) is 0.821. The highest BCUT2D eigenvalue weighted by atomic mass is 32.1. The second-order valence-electron chi connectivity index (χ2n) is 5.62. The fraction of sp³-hybridized carbons (Fsp3) is 0.444. The lowest BCUT2D eigenvalue weighted by Crippen LogP contribution is -2.41. The molecule has 24 heavy (non-hydrogen) atoms. The molecule has 0 unspecified atom stereocenters. The highest BCUT2D eigenvalue weighted by molar-refractivity contribution is 7.11. The van der Waals surface area contributed by atoms with Gasteiger partial charge < -0.3 is 15.5 Å². The summed E-state index contributed by atoms with van der Waals surface area (Å²) in [6, 6.07) is 8.62. The zero-order valence-electron chi connectivity index (χ0n) is 15.0. The molecule has 1 aromatic heterocycles. The van der Waals surface area contributed by atoms with Crippen LogP contribution >= 0.6 is 11.3 Å². The number of hydrogen-bond donors (Lipinski definition) is 2. The molecule has 0 amide bonds. The second-order valence-corrected chi connectivity index (χ2v) is 6.94. The van der Waals surface area contributed by atoms with Gasteiger partial charge in [0.25, 0.3) is 0 Å². The molecule has 5 nitrogen and oxygen atoms in total. The maximum Gasteiger partial charge on any atom is 0.191 e. The van der Waals surface area contributed by atoms with Gasteiger partial charge >= 0.3 is 0 Å². The van der Waals surface area contributed by atoms with E-state index in [0.29, 0.717) is 0 Å². The molecule has 0 aliphatic rings. The van der Waals surface area contributed by atoms with E-state index in [2.05, 4.69) is 63.6 Å². The largest absolute Gasteiger partial charge is 0.370 e. The monoisotopic (exact) mass is 345 g/mol. The van der Waals surface area contributed by atoms with Crippen LogP contribution < -0.4 is 15.5 Å². The topological polar surface area (TPSA) is 52.5 Å². The maximum absolute atomic E-state index is 4.28. The van der Waals surface area contributed by atoms with Gasteiger partial charge in [0, 0.05) is 43.4 Å². The van der Waals surface area contributed by atoms with E-state index in [9.17, 15) is 0 Å². The molecular weight excluding hydrogens is 318 g/mol. The number of aryl methyl sites for hydroxylation is 2. The molecule has 0 saturated heterocycles. The molecular formula is C18H27N5S. The minimum Gasteiger partial charge on any atom is -0.370 e. The summed E-state index contributed by atoms with van der Waals surface area (Å²) in [7, 11) is 1.80. The first-order chi connectivity index (χ1) is 11.6. The lowest BCUT2D eigenvalue weighted by Gasteiger charge is -2.24. The fourth-order valence-electron chi connectivity index (χ4n) is 2.48. The van der Waals surface area contributed by atoms with Crippen LogP contribution in [0.1, 0.15) is 22.4 Å². The number of anilines is 1. The zero-order valence-corrected chi connectivity index (χ0v) is 15.8. The number of nitrogens with one attached hydrogen (secondary N) is 2. The highest BCUT2D eigenvalue weighted by Crippen LogP contribution is 2.15. The van der Waals surface area contributed by atoms with E-state index in [0.717, 1.165) is 37.1 Å². The van der Waals surface area contributed by atoms with Crippen LogP contribution in [0.15, 0.2) is 35.5 Å². The van der Waals surface area contributed by atoms with Crippen molar-refractivity contribution in [2.45, 2.75) is 27.3 Å². The van der Waals surface area contributed by atoms with Crippen molar-refractivity contribution in [3.63, 3.8) is 0 Å². The van der Waals surface area contributed by atoms with Gasteiger partial charge in [-0.15, -0.1) is 11.3 Å². The minimum absolute atomic E-state index is 0.751. The summed E-state index contributed by atoms with van der Waals surface area (Å²) in [5.41, 5.74) is 2.55. The van der Waals surface area contributed by atoms with Gasteiger partial charge in [0.15, 0.2) is 5.96 Å². The Bertz CT molecular complexity index is 665. The molecule has 6 heteroatoms. The molecule has 2 rings (SSSR count). The Labute approximate surface area is 148 Å². The van der Waals surface area contributed by atoms with E-state index in [1.54, 1.807) is 18.4 Å². The number of likely N-dealkylation sites (N-methyl/N-ethyl adjacent to an activating group) is 1. The van der Waals surface area contributed by atoms with Gasteiger partial charge in [-0.3, -0.25) is 4.99 Å². The van der Waals surface area contributed by atoms with Crippen LogP contribution in [0.25, 0.3) is 0 Å². The molecule has 0 atom stereocenters. The lowest BCUT2D eigenvalue weighted by atomic mass is 10.2. The van der Waals surface area contributed by atoms with Crippen LogP contribution in [0.3, 0.4) is 0 Å². The molecule has 0 saturated carbocycles. The molecule has 0 spiro atoms. The molecule has 0 fully saturated rings. The Balaban J connectivity index is 1.80. The quantitative estimate of drug-likeness (QED) is 0.598. The fourth-order valence-corrected chi connectivity index (χ4v) is 3.22.